The van der Waals surface area contributed by atoms with E-state index in [0.717, 1.165) is 71.6 Å². The van der Waals surface area contributed by atoms with Crippen LogP contribution in [-0.2, 0) is 10.2 Å². The van der Waals surface area contributed by atoms with Crippen LogP contribution in [0.1, 0.15) is 47.7 Å². The number of carbonyl (C=O) groups excluding carboxylic acids is 2. The molecule has 6 nitrogen and oxygen atoms in total. The molecule has 1 aliphatic carbocycles. The fraction of sp³-hybridized carbons (Fsp3) is 0.333. The summed E-state index contributed by atoms with van der Waals surface area (Å²) in [5, 5.41) is 3.15. The zero-order chi connectivity index (χ0) is 24.9. The highest BCUT2D eigenvalue weighted by Gasteiger charge is 2.51. The Hall–Kier alpha value is -3.80. The molecule has 1 N–H and O–H groups in total. The molecule has 0 bridgehead atoms. The average Bonchev–Trinajstić information content (AvgIpc) is 3.37. The Kier molecular flexibility index (Phi) is 5.47. The number of fused-ring (bicyclic) bond motifs is 1. The summed E-state index contributed by atoms with van der Waals surface area (Å²) < 4.78 is 10.9. The molecule has 0 aromatic heterocycles. The summed E-state index contributed by atoms with van der Waals surface area (Å²) in [6.07, 6.45) is 2.68. The van der Waals surface area contributed by atoms with Crippen molar-refractivity contribution in [1.82, 2.24) is 4.90 Å². The van der Waals surface area contributed by atoms with Crippen molar-refractivity contribution in [3.05, 3.63) is 77.4 Å². The first-order chi connectivity index (χ1) is 17.4. The van der Waals surface area contributed by atoms with E-state index in [2.05, 4.69) is 19.2 Å². The SMILES string of the molecule is Cc1ccc(NC(=O)C2(c3ccc4c(c3)OCO4)CC2)cc1-c1ccc(C(=O)N2CC[C@H](C)C2)cc1. The van der Waals surface area contributed by atoms with E-state index < -0.39 is 5.41 Å². The summed E-state index contributed by atoms with van der Waals surface area (Å²) in [4.78, 5) is 28.1. The van der Waals surface area contributed by atoms with E-state index >= 15 is 0 Å². The Morgan fingerprint density at radius 2 is 1.75 bits per heavy atom. The molecule has 3 aromatic carbocycles. The van der Waals surface area contributed by atoms with Crippen LogP contribution in [0.25, 0.3) is 11.1 Å². The Morgan fingerprint density at radius 1 is 0.972 bits per heavy atom. The summed E-state index contributed by atoms with van der Waals surface area (Å²) in [5.74, 6) is 2.08. The fourth-order valence-electron chi connectivity index (χ4n) is 5.32. The molecule has 184 valence electrons. The van der Waals surface area contributed by atoms with Gasteiger partial charge in [0.2, 0.25) is 12.7 Å². The van der Waals surface area contributed by atoms with Crippen LogP contribution < -0.4 is 14.8 Å². The molecular formula is C30H30N2O4. The van der Waals surface area contributed by atoms with Crippen LogP contribution >= 0.6 is 0 Å². The molecule has 2 heterocycles. The minimum atomic E-state index is -0.527. The zero-order valence-corrected chi connectivity index (χ0v) is 20.7. The number of carbonyl (C=O) groups is 2. The largest absolute Gasteiger partial charge is 0.454 e. The molecule has 2 fully saturated rings. The van der Waals surface area contributed by atoms with Gasteiger partial charge in [-0.1, -0.05) is 31.2 Å². The summed E-state index contributed by atoms with van der Waals surface area (Å²) in [5.41, 5.74) is 5.08. The smallest absolute Gasteiger partial charge is 0.253 e. The van der Waals surface area contributed by atoms with Crippen molar-refractivity contribution in [2.45, 2.75) is 38.5 Å². The van der Waals surface area contributed by atoms with Gasteiger partial charge in [0.25, 0.3) is 5.91 Å². The van der Waals surface area contributed by atoms with E-state index in [0.29, 0.717) is 11.7 Å². The predicted molar refractivity (Wildman–Crippen MR) is 138 cm³/mol. The van der Waals surface area contributed by atoms with Gasteiger partial charge in [-0.3, -0.25) is 9.59 Å². The molecule has 3 aliphatic rings. The first-order valence-electron chi connectivity index (χ1n) is 12.6. The number of hydrogen-bond acceptors (Lipinski definition) is 4. The van der Waals surface area contributed by atoms with Crippen molar-refractivity contribution in [3.63, 3.8) is 0 Å². The van der Waals surface area contributed by atoms with Crippen LogP contribution in [-0.4, -0.2) is 36.6 Å². The number of hydrogen-bond donors (Lipinski definition) is 1. The average molecular weight is 483 g/mol. The summed E-state index contributed by atoms with van der Waals surface area (Å²) >= 11 is 0. The maximum absolute atomic E-state index is 13.4. The third-order valence-corrected chi connectivity index (χ3v) is 7.76. The fourth-order valence-corrected chi connectivity index (χ4v) is 5.32. The number of ether oxygens (including phenoxy) is 2. The van der Waals surface area contributed by atoms with E-state index in [1.54, 1.807) is 0 Å². The van der Waals surface area contributed by atoms with Crippen LogP contribution in [0.3, 0.4) is 0 Å². The van der Waals surface area contributed by atoms with Gasteiger partial charge in [0, 0.05) is 24.3 Å². The summed E-state index contributed by atoms with van der Waals surface area (Å²) in [7, 11) is 0. The van der Waals surface area contributed by atoms with Gasteiger partial charge in [-0.05, 0) is 90.8 Å². The monoisotopic (exact) mass is 482 g/mol. The molecule has 1 saturated carbocycles. The minimum absolute atomic E-state index is 0.00282. The first-order valence-corrected chi connectivity index (χ1v) is 12.6. The van der Waals surface area contributed by atoms with E-state index in [1.807, 2.05) is 65.6 Å². The van der Waals surface area contributed by atoms with Gasteiger partial charge >= 0.3 is 0 Å². The molecular weight excluding hydrogens is 452 g/mol. The van der Waals surface area contributed by atoms with Crippen molar-refractivity contribution in [2.24, 2.45) is 5.92 Å². The molecule has 2 aliphatic heterocycles. The third kappa shape index (κ3) is 4.00. The Balaban J connectivity index is 1.20. The van der Waals surface area contributed by atoms with Crippen LogP contribution in [0.5, 0.6) is 11.5 Å². The topological polar surface area (TPSA) is 67.9 Å². The minimum Gasteiger partial charge on any atom is -0.454 e. The van der Waals surface area contributed by atoms with Gasteiger partial charge in [-0.2, -0.15) is 0 Å². The molecule has 6 rings (SSSR count). The van der Waals surface area contributed by atoms with Gasteiger partial charge in [-0.15, -0.1) is 0 Å². The van der Waals surface area contributed by atoms with Gasteiger partial charge < -0.3 is 19.7 Å². The van der Waals surface area contributed by atoms with Crippen molar-refractivity contribution >= 4 is 17.5 Å². The highest BCUT2D eigenvalue weighted by Crippen LogP contribution is 2.51. The summed E-state index contributed by atoms with van der Waals surface area (Å²) in [6, 6.07) is 19.6. The molecule has 3 aromatic rings. The number of aryl methyl sites for hydroxylation is 1. The maximum atomic E-state index is 13.4. The lowest BCUT2D eigenvalue weighted by atomic mass is 9.94. The van der Waals surface area contributed by atoms with E-state index in [4.69, 9.17) is 9.47 Å². The number of amides is 2. The highest BCUT2D eigenvalue weighted by molar-refractivity contribution is 6.02. The number of rotatable bonds is 5. The van der Waals surface area contributed by atoms with Crippen molar-refractivity contribution in [3.8, 4) is 22.6 Å². The first kappa shape index (κ1) is 22.7. The molecule has 2 amide bonds. The molecule has 6 heteroatoms. The highest BCUT2D eigenvalue weighted by atomic mass is 16.7. The van der Waals surface area contributed by atoms with Crippen molar-refractivity contribution in [1.29, 1.82) is 0 Å². The van der Waals surface area contributed by atoms with Gasteiger partial charge in [-0.25, -0.2) is 0 Å². The number of anilines is 1. The lowest BCUT2D eigenvalue weighted by molar-refractivity contribution is -0.118. The quantitative estimate of drug-likeness (QED) is 0.518. The second-order valence-electron chi connectivity index (χ2n) is 10.4. The molecule has 0 unspecified atom stereocenters. The lowest BCUT2D eigenvalue weighted by Crippen LogP contribution is -2.28. The van der Waals surface area contributed by atoms with Crippen LogP contribution in [0.2, 0.25) is 0 Å². The molecule has 36 heavy (non-hydrogen) atoms. The lowest BCUT2D eigenvalue weighted by Gasteiger charge is -2.18. The van der Waals surface area contributed by atoms with Crippen LogP contribution in [0, 0.1) is 12.8 Å². The van der Waals surface area contributed by atoms with Crippen molar-refractivity contribution < 1.29 is 19.1 Å². The second-order valence-corrected chi connectivity index (χ2v) is 10.4. The number of nitrogens with one attached hydrogen (secondary N) is 1. The predicted octanol–water partition coefficient (Wildman–Crippen LogP) is 5.54. The van der Waals surface area contributed by atoms with E-state index in [1.165, 1.54) is 0 Å². The molecule has 0 spiro atoms. The maximum Gasteiger partial charge on any atom is 0.253 e. The van der Waals surface area contributed by atoms with Crippen LogP contribution in [0.4, 0.5) is 5.69 Å². The van der Waals surface area contributed by atoms with Crippen LogP contribution in [0.15, 0.2) is 60.7 Å². The van der Waals surface area contributed by atoms with Gasteiger partial charge in [0.05, 0.1) is 5.41 Å². The van der Waals surface area contributed by atoms with E-state index in [-0.39, 0.29) is 18.6 Å². The Bertz CT molecular complexity index is 1340. The standard InChI is InChI=1S/C30H30N2O4/c1-19-11-14-32(17-19)28(33)22-6-4-21(5-7-22)25-16-24(9-3-20(25)2)31-29(34)30(12-13-30)23-8-10-26-27(15-23)36-18-35-26/h3-10,15-16,19H,11-14,17-18H2,1-2H3,(H,31,34)/t19-/m0/s1. The Morgan fingerprint density at radius 3 is 2.47 bits per heavy atom. The molecule has 0 radical (unpaired) electrons. The second kappa shape index (κ2) is 8.70. The molecule has 1 saturated heterocycles. The zero-order valence-electron chi connectivity index (χ0n) is 20.7. The number of likely N-dealkylation sites (tertiary alicyclic amines) is 1. The van der Waals surface area contributed by atoms with Gasteiger partial charge in [0.1, 0.15) is 0 Å². The Labute approximate surface area is 211 Å². The normalized spacial score (nSPS) is 19.3. The molecule has 1 atom stereocenters. The van der Waals surface area contributed by atoms with E-state index in [9.17, 15) is 9.59 Å². The summed E-state index contributed by atoms with van der Waals surface area (Å²) in [6.45, 7) is 6.12. The van der Waals surface area contributed by atoms with Gasteiger partial charge in [0.15, 0.2) is 11.5 Å². The number of nitrogens with zero attached hydrogens (tertiary/aromatic N) is 1. The third-order valence-electron chi connectivity index (χ3n) is 7.76. The number of benzene rings is 3. The van der Waals surface area contributed by atoms with Crippen molar-refractivity contribution in [2.75, 3.05) is 25.2 Å².